The number of halogens is 2. The zero-order valence-corrected chi connectivity index (χ0v) is 23.3. The van der Waals surface area contributed by atoms with E-state index in [9.17, 15) is 13.6 Å². The van der Waals surface area contributed by atoms with Gasteiger partial charge in [0.15, 0.2) is 5.82 Å². The van der Waals surface area contributed by atoms with Crippen LogP contribution in [0.5, 0.6) is 5.75 Å². The number of benzene rings is 2. The van der Waals surface area contributed by atoms with Crippen LogP contribution in [0.1, 0.15) is 72.1 Å². The predicted molar refractivity (Wildman–Crippen MR) is 155 cm³/mol. The number of hydrogen-bond donors (Lipinski definition) is 1. The van der Waals surface area contributed by atoms with Crippen molar-refractivity contribution >= 4 is 38.2 Å². The number of hydrogen-bond acceptors (Lipinski definition) is 5. The van der Waals surface area contributed by atoms with E-state index in [4.69, 9.17) is 9.72 Å². The second kappa shape index (κ2) is 9.34. The number of thiophene rings is 1. The van der Waals surface area contributed by atoms with Crippen molar-refractivity contribution in [1.29, 1.82) is 0 Å². The maximum Gasteiger partial charge on any atom is 0.251 e. The number of rotatable bonds is 7. The quantitative estimate of drug-likeness (QED) is 0.222. The summed E-state index contributed by atoms with van der Waals surface area (Å²) in [5, 5.41) is 10.9. The van der Waals surface area contributed by atoms with Gasteiger partial charge in [0.2, 0.25) is 0 Å². The molecule has 0 bridgehead atoms. The van der Waals surface area contributed by atoms with Gasteiger partial charge < -0.3 is 10.1 Å². The van der Waals surface area contributed by atoms with E-state index in [1.165, 1.54) is 23.5 Å². The molecule has 3 aliphatic rings. The monoisotopic (exact) mass is 570 g/mol. The second-order valence-corrected chi connectivity index (χ2v) is 12.6. The van der Waals surface area contributed by atoms with E-state index in [0.29, 0.717) is 40.7 Å². The number of fused-ring (bicyclic) bond motifs is 3. The maximum atomic E-state index is 14.9. The number of ether oxygens (including phenoxy) is 1. The first-order valence-corrected chi connectivity index (χ1v) is 15.1. The Bertz CT molecular complexity index is 1860. The van der Waals surface area contributed by atoms with Gasteiger partial charge >= 0.3 is 0 Å². The first kappa shape index (κ1) is 24.9. The smallest absolute Gasteiger partial charge is 0.251 e. The highest BCUT2D eigenvalue weighted by atomic mass is 32.1. The molecule has 0 saturated heterocycles. The van der Waals surface area contributed by atoms with Gasteiger partial charge in [-0.3, -0.25) is 9.48 Å². The van der Waals surface area contributed by atoms with Gasteiger partial charge in [-0.25, -0.2) is 13.8 Å². The minimum atomic E-state index is -0.482. The maximum absolute atomic E-state index is 14.9. The average Bonchev–Trinajstić information content (AvgIpc) is 3.87. The van der Waals surface area contributed by atoms with Gasteiger partial charge in [-0.2, -0.15) is 5.10 Å². The van der Waals surface area contributed by atoms with Crippen molar-refractivity contribution < 1.29 is 18.3 Å². The molecule has 5 aromatic rings. The number of carbonyl (C=O) groups is 1. The first-order chi connectivity index (χ1) is 19.9. The number of aromatic nitrogens is 3. The molecular weight excluding hydrogens is 542 g/mol. The molecule has 4 heterocycles. The summed E-state index contributed by atoms with van der Waals surface area (Å²) in [7, 11) is 0. The number of carbonyl (C=O) groups excluding carboxylic acids is 1. The summed E-state index contributed by atoms with van der Waals surface area (Å²) >= 11 is 1.37. The fraction of sp³-hybridized carbons (Fsp3) is 0.344. The van der Waals surface area contributed by atoms with Crippen molar-refractivity contribution in [3.63, 3.8) is 0 Å². The second-order valence-electron chi connectivity index (χ2n) is 11.7. The van der Waals surface area contributed by atoms with Gasteiger partial charge in [-0.05, 0) is 55.9 Å². The third-order valence-electron chi connectivity index (χ3n) is 8.65. The molecule has 0 radical (unpaired) electrons. The highest BCUT2D eigenvalue weighted by molar-refractivity contribution is 7.17. The molecule has 3 aromatic heterocycles. The summed E-state index contributed by atoms with van der Waals surface area (Å²) in [6.45, 7) is 3.10. The third-order valence-corrected chi connectivity index (χ3v) is 9.66. The summed E-state index contributed by atoms with van der Waals surface area (Å²) in [5.41, 5.74) is 4.19. The predicted octanol–water partition coefficient (Wildman–Crippen LogP) is 7.35. The standard InChI is InChI=1S/C32H28F2N4O2S/c1-16-14-40-30-22(16)11-27(36-29(30)24-15-41-31-21(24)3-2-4-25(31)33)23(17-5-6-17)12-35-32(39)18-9-19-13-38(20-7-8-20)37-28(19)26(34)10-18/h2-4,9-11,13,15-17,20,23H,5-8,12,14H2,1H3,(H,35,39). The lowest BCUT2D eigenvalue weighted by molar-refractivity contribution is 0.0949. The lowest BCUT2D eigenvalue weighted by atomic mass is 9.93. The van der Waals surface area contributed by atoms with Crippen molar-refractivity contribution in [1.82, 2.24) is 20.1 Å². The molecule has 2 fully saturated rings. The highest BCUT2D eigenvalue weighted by Gasteiger charge is 2.36. The van der Waals surface area contributed by atoms with E-state index < -0.39 is 5.82 Å². The topological polar surface area (TPSA) is 69.0 Å². The van der Waals surface area contributed by atoms with Gasteiger partial charge in [0.25, 0.3) is 5.91 Å². The molecule has 0 spiro atoms. The molecule has 1 aliphatic heterocycles. The molecular formula is C32H28F2N4O2S. The molecule has 1 amide bonds. The van der Waals surface area contributed by atoms with Crippen LogP contribution in [0.2, 0.25) is 0 Å². The fourth-order valence-electron chi connectivity index (χ4n) is 6.05. The molecule has 2 saturated carbocycles. The van der Waals surface area contributed by atoms with Crippen molar-refractivity contribution in [2.45, 2.75) is 50.5 Å². The molecule has 41 heavy (non-hydrogen) atoms. The minimum absolute atomic E-state index is 0.00336. The minimum Gasteiger partial charge on any atom is -0.490 e. The van der Waals surface area contributed by atoms with Gasteiger partial charge in [-0.1, -0.05) is 19.1 Å². The van der Waals surface area contributed by atoms with E-state index in [2.05, 4.69) is 23.4 Å². The number of amides is 1. The van der Waals surface area contributed by atoms with Crippen LogP contribution in [0.15, 0.2) is 48.0 Å². The lowest BCUT2D eigenvalue weighted by Crippen LogP contribution is -2.29. The third kappa shape index (κ3) is 4.29. The summed E-state index contributed by atoms with van der Waals surface area (Å²) in [5.74, 6) is 0.334. The van der Waals surface area contributed by atoms with Crippen molar-refractivity contribution in [2.24, 2.45) is 5.92 Å². The molecule has 2 unspecified atom stereocenters. The summed E-state index contributed by atoms with van der Waals surface area (Å²) in [6, 6.07) is 10.6. The van der Waals surface area contributed by atoms with Crippen LogP contribution in [0.3, 0.4) is 0 Å². The number of nitrogens with one attached hydrogen (secondary N) is 1. The lowest BCUT2D eigenvalue weighted by Gasteiger charge is -2.20. The normalized spacial score (nSPS) is 19.0. The number of pyridine rings is 1. The molecule has 9 heteroatoms. The van der Waals surface area contributed by atoms with E-state index >= 15 is 0 Å². The summed E-state index contributed by atoms with van der Waals surface area (Å²) in [4.78, 5) is 18.4. The van der Waals surface area contributed by atoms with Crippen LogP contribution in [0.25, 0.3) is 32.2 Å². The van der Waals surface area contributed by atoms with Crippen LogP contribution < -0.4 is 10.1 Å². The van der Waals surface area contributed by atoms with E-state index in [1.807, 2.05) is 22.3 Å². The van der Waals surface area contributed by atoms with E-state index in [0.717, 1.165) is 59.3 Å². The van der Waals surface area contributed by atoms with Crippen LogP contribution in [-0.4, -0.2) is 33.8 Å². The van der Waals surface area contributed by atoms with Gasteiger partial charge in [-0.15, -0.1) is 11.3 Å². The molecule has 1 N–H and O–H groups in total. The van der Waals surface area contributed by atoms with Crippen LogP contribution in [0, 0.1) is 17.6 Å². The van der Waals surface area contributed by atoms with Crippen molar-refractivity contribution in [3.8, 4) is 17.0 Å². The van der Waals surface area contributed by atoms with E-state index in [-0.39, 0.29) is 29.1 Å². The average molecular weight is 571 g/mol. The Morgan fingerprint density at radius 1 is 1.17 bits per heavy atom. The Morgan fingerprint density at radius 3 is 2.83 bits per heavy atom. The number of nitrogens with zero attached hydrogens (tertiary/aromatic N) is 3. The highest BCUT2D eigenvalue weighted by Crippen LogP contribution is 2.48. The van der Waals surface area contributed by atoms with Crippen LogP contribution in [-0.2, 0) is 0 Å². The van der Waals surface area contributed by atoms with Gasteiger partial charge in [0.05, 0.1) is 17.3 Å². The van der Waals surface area contributed by atoms with Crippen molar-refractivity contribution in [2.75, 3.05) is 13.2 Å². The Morgan fingerprint density at radius 2 is 2.02 bits per heavy atom. The van der Waals surface area contributed by atoms with Crippen molar-refractivity contribution in [3.05, 3.63) is 76.4 Å². The molecule has 6 nitrogen and oxygen atoms in total. The van der Waals surface area contributed by atoms with Gasteiger partial charge in [0.1, 0.15) is 22.8 Å². The Balaban J connectivity index is 1.12. The molecule has 2 atom stereocenters. The van der Waals surface area contributed by atoms with Gasteiger partial charge in [0, 0.05) is 63.1 Å². The zero-order valence-electron chi connectivity index (χ0n) is 22.5. The SMILES string of the molecule is CC1COc2c1cc(C(CNC(=O)c1cc(F)c3nn(C4CC4)cc3c1)C1CC1)nc2-c1csc2c(F)cccc12. The Hall–Kier alpha value is -3.85. The summed E-state index contributed by atoms with van der Waals surface area (Å²) in [6.07, 6.45) is 6.06. The Labute approximate surface area is 239 Å². The van der Waals surface area contributed by atoms with E-state index in [1.54, 1.807) is 12.1 Å². The molecule has 8 rings (SSSR count). The summed E-state index contributed by atoms with van der Waals surface area (Å²) < 4.78 is 37.9. The molecule has 2 aromatic carbocycles. The fourth-order valence-corrected chi connectivity index (χ4v) is 7.01. The Kier molecular flexibility index (Phi) is 5.67. The zero-order chi connectivity index (χ0) is 27.8. The van der Waals surface area contributed by atoms with Crippen LogP contribution >= 0.6 is 11.3 Å². The molecule has 208 valence electrons. The first-order valence-electron chi connectivity index (χ1n) is 14.2. The largest absolute Gasteiger partial charge is 0.490 e. The molecule has 2 aliphatic carbocycles. The van der Waals surface area contributed by atoms with Crippen LogP contribution in [0.4, 0.5) is 8.78 Å².